The molecule has 0 spiro atoms. The van der Waals surface area contributed by atoms with Crippen molar-refractivity contribution >= 4 is 107 Å². The number of hydrogen-bond acceptors (Lipinski definition) is 22. The summed E-state index contributed by atoms with van der Waals surface area (Å²) in [4.78, 5) is 240. The minimum absolute atomic E-state index is 0.107. The first-order chi connectivity index (χ1) is 40.2. The van der Waals surface area contributed by atoms with E-state index in [1.807, 2.05) is 13.8 Å². The van der Waals surface area contributed by atoms with E-state index < -0.39 is 221 Å². The number of carboxylic acid groups (broad SMARTS) is 12. The third kappa shape index (κ3) is 14.8. The number of aromatic carboxylic acids is 12. The molecule has 34 heteroatoms. The summed E-state index contributed by atoms with van der Waals surface area (Å²) >= 11 is 0. The third-order valence-corrected chi connectivity index (χ3v) is 12.1. The van der Waals surface area contributed by atoms with Crippen molar-refractivity contribution in [3.63, 3.8) is 0 Å². The van der Waals surface area contributed by atoms with E-state index >= 15 is 0 Å². The highest BCUT2D eigenvalue weighted by Gasteiger charge is 2.48. The predicted octanol–water partition coefficient (Wildman–Crippen LogP) is 5.09. The molecule has 86 heavy (non-hydrogen) atoms. The van der Waals surface area contributed by atoms with E-state index in [0.717, 1.165) is 19.3 Å². The van der Waals surface area contributed by atoms with Gasteiger partial charge >= 0.3 is 107 Å². The van der Waals surface area contributed by atoms with Gasteiger partial charge in [0, 0.05) is 0 Å². The Hall–Kier alpha value is -11.5. The lowest BCUT2D eigenvalue weighted by Crippen LogP contribution is -2.33. The fourth-order valence-corrected chi connectivity index (χ4v) is 8.65. The lowest BCUT2D eigenvalue weighted by atomic mass is 9.85. The standard InChI is InChI=1S/C52H46O34/c1-3-5-7-9-11-13-15-83-47(77)31-27(45(73)74)28(46(75)76)32(51(81)85-49(79)29-23(41(65)66)19(37(57)58)17(35(53)54)20(38(59)60)24(29)42(67)68)34(33(31)48(78)84-16-14-12-10-8-6-4-2)52(82)86-50(80)30-25(43(69)70)21(39(61)62)18(36(55)56)22(40(63)64)26(30)44(71)72/h3-16H2,1-2H3,(H,53,54)(H,55,56)(H,57,58)(H,59,60)(H,61,62)(H,63,64)(H,65,66)(H,67,68)(H,69,70)(H,71,72)(H,73,74)(H,75,76). The highest BCUT2D eigenvalue weighted by atomic mass is 16.6. The van der Waals surface area contributed by atoms with Crippen LogP contribution in [-0.2, 0) is 18.9 Å². The molecule has 0 atom stereocenters. The molecule has 0 radical (unpaired) electrons. The number of rotatable bonds is 32. The third-order valence-electron chi connectivity index (χ3n) is 12.1. The van der Waals surface area contributed by atoms with Crippen LogP contribution in [0.3, 0.4) is 0 Å². The molecule has 3 aromatic carbocycles. The summed E-state index contributed by atoms with van der Waals surface area (Å²) in [7, 11) is 0. The molecule has 34 nitrogen and oxygen atoms in total. The average Bonchev–Trinajstić information content (AvgIpc) is 0.772. The lowest BCUT2D eigenvalue weighted by Gasteiger charge is -2.21. The number of carbonyl (C=O) groups is 18. The van der Waals surface area contributed by atoms with Crippen molar-refractivity contribution in [2.75, 3.05) is 13.2 Å². The first kappa shape index (κ1) is 68.8. The Labute approximate surface area is 477 Å². The van der Waals surface area contributed by atoms with Gasteiger partial charge in [-0.25, -0.2) is 86.3 Å². The van der Waals surface area contributed by atoms with Gasteiger partial charge in [0.25, 0.3) is 0 Å². The average molecular weight is 1210 g/mol. The molecular formula is C52H46O34. The number of unbranched alkanes of at least 4 members (excludes halogenated alkanes) is 10. The summed E-state index contributed by atoms with van der Waals surface area (Å²) in [5.41, 5.74) is -41.1. The van der Waals surface area contributed by atoms with Gasteiger partial charge in [0.1, 0.15) is 0 Å². The van der Waals surface area contributed by atoms with Crippen LogP contribution in [0.1, 0.15) is 277 Å². The Morgan fingerprint density at radius 1 is 0.209 bits per heavy atom. The van der Waals surface area contributed by atoms with Crippen LogP contribution < -0.4 is 0 Å². The first-order valence-corrected chi connectivity index (χ1v) is 24.6. The Bertz CT molecular complexity index is 3390. The zero-order chi connectivity index (χ0) is 65.5. The molecule has 0 saturated carbocycles. The number of ether oxygens (including phenoxy) is 4. The van der Waals surface area contributed by atoms with E-state index in [4.69, 9.17) is 9.47 Å². The normalized spacial score (nSPS) is 10.6. The monoisotopic (exact) mass is 1210 g/mol. The maximum atomic E-state index is 14.9. The molecule has 0 heterocycles. The highest BCUT2D eigenvalue weighted by Crippen LogP contribution is 2.37. The van der Waals surface area contributed by atoms with E-state index in [-0.39, 0.29) is 25.7 Å². The van der Waals surface area contributed by atoms with Gasteiger partial charge in [-0.1, -0.05) is 78.1 Å². The van der Waals surface area contributed by atoms with Crippen molar-refractivity contribution in [3.05, 3.63) is 100 Å². The molecule has 458 valence electrons. The zero-order valence-corrected chi connectivity index (χ0v) is 44.2. The van der Waals surface area contributed by atoms with Crippen LogP contribution in [0, 0.1) is 0 Å². The highest BCUT2D eigenvalue weighted by molar-refractivity contribution is 6.29. The number of esters is 6. The minimum Gasteiger partial charge on any atom is -0.478 e. The molecule has 12 N–H and O–H groups in total. The molecule has 0 aliphatic heterocycles. The Morgan fingerprint density at radius 2 is 0.349 bits per heavy atom. The second kappa shape index (κ2) is 29.5. The van der Waals surface area contributed by atoms with E-state index in [1.165, 1.54) is 0 Å². The van der Waals surface area contributed by atoms with Gasteiger partial charge in [-0.05, 0) is 12.8 Å². The molecule has 0 amide bonds. The van der Waals surface area contributed by atoms with E-state index in [0.29, 0.717) is 32.1 Å². The summed E-state index contributed by atoms with van der Waals surface area (Å²) < 4.78 is 19.4. The quantitative estimate of drug-likeness (QED) is 0.0167. The summed E-state index contributed by atoms with van der Waals surface area (Å²) in [6, 6.07) is 0. The molecule has 0 aliphatic carbocycles. The van der Waals surface area contributed by atoms with E-state index in [9.17, 15) is 148 Å². The van der Waals surface area contributed by atoms with Crippen molar-refractivity contribution in [1.29, 1.82) is 0 Å². The van der Waals surface area contributed by atoms with Crippen LogP contribution in [-0.4, -0.2) is 182 Å². The van der Waals surface area contributed by atoms with Gasteiger partial charge in [-0.3, -0.25) is 0 Å². The zero-order valence-electron chi connectivity index (χ0n) is 44.2. The smallest absolute Gasteiger partial charge is 0.347 e. The van der Waals surface area contributed by atoms with Crippen LogP contribution in [0.5, 0.6) is 0 Å². The summed E-state index contributed by atoms with van der Waals surface area (Å²) in [5, 5.41) is 122. The van der Waals surface area contributed by atoms with Crippen molar-refractivity contribution < 1.29 is 167 Å². The van der Waals surface area contributed by atoms with Crippen LogP contribution in [0.2, 0.25) is 0 Å². The molecule has 0 saturated heterocycles. The molecule has 0 aliphatic rings. The van der Waals surface area contributed by atoms with Crippen LogP contribution in [0.15, 0.2) is 0 Å². The molecule has 3 rings (SSSR count). The SMILES string of the molecule is CCCCCCCCOC(=O)c1c(C(=O)O)c(C(=O)O)c(C(=O)OC(=O)c2c(C(=O)O)c(C(=O)O)c(C(=O)O)c(C(=O)O)c2C(=O)O)c(C(=O)OC(=O)c2c(C(=O)O)c(C(=O)O)c(C(=O)O)c(C(=O)O)c2C(=O)O)c1C(=O)OCCCCCCCC. The fourth-order valence-electron chi connectivity index (χ4n) is 8.65. The Morgan fingerprint density at radius 3 is 0.547 bits per heavy atom. The Balaban J connectivity index is 2.84. The second-order valence-corrected chi connectivity index (χ2v) is 17.6. The molecule has 0 unspecified atom stereocenters. The van der Waals surface area contributed by atoms with Crippen LogP contribution in [0.4, 0.5) is 0 Å². The molecule has 0 fully saturated rings. The molecular weight excluding hydrogens is 1170 g/mol. The van der Waals surface area contributed by atoms with Crippen LogP contribution in [0.25, 0.3) is 0 Å². The Kier molecular flexibility index (Phi) is 23.6. The molecule has 0 aromatic heterocycles. The van der Waals surface area contributed by atoms with Crippen molar-refractivity contribution in [1.82, 2.24) is 0 Å². The van der Waals surface area contributed by atoms with Gasteiger partial charge in [-0.15, -0.1) is 0 Å². The van der Waals surface area contributed by atoms with Crippen molar-refractivity contribution in [3.8, 4) is 0 Å². The van der Waals surface area contributed by atoms with Crippen molar-refractivity contribution in [2.24, 2.45) is 0 Å². The summed E-state index contributed by atoms with van der Waals surface area (Å²) in [6.07, 6.45) is 5.14. The molecule has 3 aromatic rings. The number of carboxylic acids is 12. The topological polar surface area (TPSA) is 587 Å². The lowest BCUT2D eigenvalue weighted by molar-refractivity contribution is 0.0340. The number of hydrogen-bond donors (Lipinski definition) is 12. The fraction of sp³-hybridized carbons (Fsp3) is 0.308. The van der Waals surface area contributed by atoms with Gasteiger partial charge in [-0.2, -0.15) is 0 Å². The van der Waals surface area contributed by atoms with E-state index in [2.05, 4.69) is 9.47 Å². The van der Waals surface area contributed by atoms with Gasteiger partial charge in [0.05, 0.1) is 113 Å². The van der Waals surface area contributed by atoms with Gasteiger partial charge in [0.15, 0.2) is 0 Å². The summed E-state index contributed by atoms with van der Waals surface area (Å²) in [6.45, 7) is 2.06. The van der Waals surface area contributed by atoms with Gasteiger partial charge < -0.3 is 80.2 Å². The van der Waals surface area contributed by atoms with Crippen molar-refractivity contribution in [2.45, 2.75) is 90.9 Å². The van der Waals surface area contributed by atoms with Crippen LogP contribution >= 0.6 is 0 Å². The predicted molar refractivity (Wildman–Crippen MR) is 270 cm³/mol. The largest absolute Gasteiger partial charge is 0.478 e. The summed E-state index contributed by atoms with van der Waals surface area (Å²) in [5.74, 6) is -50.0. The maximum Gasteiger partial charge on any atom is 0.347 e. The second-order valence-electron chi connectivity index (χ2n) is 17.6. The first-order valence-electron chi connectivity index (χ1n) is 24.6. The number of benzene rings is 3. The molecule has 0 bridgehead atoms. The minimum atomic E-state index is -3.07. The van der Waals surface area contributed by atoms with Gasteiger partial charge in [0.2, 0.25) is 0 Å². The maximum absolute atomic E-state index is 14.9. The van der Waals surface area contributed by atoms with E-state index in [1.54, 1.807) is 0 Å². The number of carbonyl (C=O) groups excluding carboxylic acids is 6.